The van der Waals surface area contributed by atoms with Crippen LogP contribution in [0.3, 0.4) is 0 Å². The van der Waals surface area contributed by atoms with Crippen LogP contribution in [-0.4, -0.2) is 36.3 Å². The molecule has 27 heavy (non-hydrogen) atoms. The molecule has 138 valence electrons. The summed E-state index contributed by atoms with van der Waals surface area (Å²) >= 11 is 0. The van der Waals surface area contributed by atoms with E-state index in [2.05, 4.69) is 20.2 Å². The number of benzene rings is 2. The Morgan fingerprint density at radius 1 is 0.889 bits per heavy atom. The molecule has 4 rings (SSSR count). The van der Waals surface area contributed by atoms with Gasteiger partial charge in [0.05, 0.1) is 18.9 Å². The number of hydrogen-bond acceptors (Lipinski definition) is 5. The van der Waals surface area contributed by atoms with Gasteiger partial charge in [0.1, 0.15) is 23.1 Å². The van der Waals surface area contributed by atoms with Crippen LogP contribution in [-0.2, 0) is 4.74 Å². The molecule has 1 saturated heterocycles. The lowest BCUT2D eigenvalue weighted by molar-refractivity contribution is 0.122. The van der Waals surface area contributed by atoms with Gasteiger partial charge in [0.2, 0.25) is 5.95 Å². The number of ether oxygens (including phenoxy) is 1. The van der Waals surface area contributed by atoms with E-state index in [1.807, 2.05) is 36.4 Å². The first-order chi connectivity index (χ1) is 13.2. The highest BCUT2D eigenvalue weighted by Crippen LogP contribution is 2.27. The summed E-state index contributed by atoms with van der Waals surface area (Å²) in [5.74, 6) is -0.568. The summed E-state index contributed by atoms with van der Waals surface area (Å²) in [5, 5.41) is 2.70. The number of rotatable bonds is 4. The predicted octanol–water partition coefficient (Wildman–Crippen LogP) is 4.00. The van der Waals surface area contributed by atoms with Crippen LogP contribution in [0.1, 0.15) is 0 Å². The van der Waals surface area contributed by atoms with E-state index in [0.717, 1.165) is 5.56 Å². The lowest BCUT2D eigenvalue weighted by atomic mass is 10.1. The predicted molar refractivity (Wildman–Crippen MR) is 100 cm³/mol. The van der Waals surface area contributed by atoms with Gasteiger partial charge in [-0.3, -0.25) is 0 Å². The van der Waals surface area contributed by atoms with E-state index in [4.69, 9.17) is 4.74 Å². The fraction of sp³-hybridized carbons (Fsp3) is 0.200. The molecule has 0 amide bonds. The van der Waals surface area contributed by atoms with E-state index in [1.54, 1.807) is 0 Å². The van der Waals surface area contributed by atoms with Crippen LogP contribution in [0, 0.1) is 11.6 Å². The molecule has 5 nitrogen and oxygen atoms in total. The fourth-order valence-electron chi connectivity index (χ4n) is 2.93. The first-order valence-electron chi connectivity index (χ1n) is 8.69. The highest BCUT2D eigenvalue weighted by molar-refractivity contribution is 5.67. The van der Waals surface area contributed by atoms with Gasteiger partial charge in [-0.15, -0.1) is 0 Å². The number of hydrogen-bond donors (Lipinski definition) is 1. The van der Waals surface area contributed by atoms with Crippen LogP contribution in [0.2, 0.25) is 0 Å². The Morgan fingerprint density at radius 2 is 1.59 bits per heavy atom. The van der Waals surface area contributed by atoms with Crippen LogP contribution >= 0.6 is 0 Å². The molecule has 0 aliphatic carbocycles. The van der Waals surface area contributed by atoms with E-state index >= 15 is 0 Å². The molecule has 1 fully saturated rings. The number of para-hydroxylation sites is 1. The van der Waals surface area contributed by atoms with Crippen LogP contribution < -0.4 is 10.2 Å². The molecule has 0 radical (unpaired) electrons. The van der Waals surface area contributed by atoms with E-state index in [9.17, 15) is 8.78 Å². The molecule has 1 N–H and O–H groups in total. The molecular formula is C20H18F2N4O. The minimum absolute atomic E-state index is 0.141. The van der Waals surface area contributed by atoms with Crippen LogP contribution in [0.4, 0.5) is 26.2 Å². The zero-order chi connectivity index (χ0) is 18.6. The van der Waals surface area contributed by atoms with E-state index < -0.39 is 11.6 Å². The van der Waals surface area contributed by atoms with Gasteiger partial charge in [-0.1, -0.05) is 36.4 Å². The van der Waals surface area contributed by atoms with Crippen molar-refractivity contribution in [2.75, 3.05) is 36.5 Å². The molecule has 2 aromatic carbocycles. The van der Waals surface area contributed by atoms with Gasteiger partial charge in [0.25, 0.3) is 0 Å². The van der Waals surface area contributed by atoms with E-state index in [1.165, 1.54) is 18.2 Å². The van der Waals surface area contributed by atoms with E-state index in [-0.39, 0.29) is 11.6 Å². The second-order valence-electron chi connectivity index (χ2n) is 6.12. The van der Waals surface area contributed by atoms with Crippen molar-refractivity contribution in [1.29, 1.82) is 0 Å². The Hall–Kier alpha value is -3.06. The summed E-state index contributed by atoms with van der Waals surface area (Å²) in [7, 11) is 0. The molecule has 1 aromatic heterocycles. The van der Waals surface area contributed by atoms with Crippen molar-refractivity contribution in [3.8, 4) is 11.3 Å². The average molecular weight is 368 g/mol. The maximum absolute atomic E-state index is 14.0. The minimum atomic E-state index is -0.698. The molecule has 3 aromatic rings. The third kappa shape index (κ3) is 3.88. The highest BCUT2D eigenvalue weighted by Gasteiger charge is 2.17. The maximum Gasteiger partial charge on any atom is 0.229 e. The molecule has 0 atom stereocenters. The summed E-state index contributed by atoms with van der Waals surface area (Å²) in [6.45, 7) is 2.60. The van der Waals surface area contributed by atoms with Gasteiger partial charge in [0, 0.05) is 24.7 Å². The second-order valence-corrected chi connectivity index (χ2v) is 6.12. The van der Waals surface area contributed by atoms with Gasteiger partial charge < -0.3 is 15.0 Å². The quantitative estimate of drug-likeness (QED) is 0.754. The molecule has 1 aliphatic heterocycles. The van der Waals surface area contributed by atoms with E-state index in [0.29, 0.717) is 37.8 Å². The third-order valence-corrected chi connectivity index (χ3v) is 4.32. The first kappa shape index (κ1) is 17.4. The van der Waals surface area contributed by atoms with Gasteiger partial charge in [0.15, 0.2) is 0 Å². The molecule has 7 heteroatoms. The third-order valence-electron chi connectivity index (χ3n) is 4.32. The standard InChI is InChI=1S/C20H18F2N4O/c21-15-7-4-8-16(22)19(15)25-20-23-17(14-5-2-1-3-6-14)13-18(24-20)26-9-11-27-12-10-26/h1-8,13H,9-12H2,(H,23,24,25). The topological polar surface area (TPSA) is 50.3 Å². The summed E-state index contributed by atoms with van der Waals surface area (Å²) in [4.78, 5) is 11.0. The Balaban J connectivity index is 1.75. The maximum atomic E-state index is 14.0. The SMILES string of the molecule is Fc1cccc(F)c1Nc1nc(-c2ccccc2)cc(N2CCOCC2)n1. The average Bonchev–Trinajstić information content (AvgIpc) is 2.72. The summed E-state index contributed by atoms with van der Waals surface area (Å²) < 4.78 is 33.5. The van der Waals surface area contributed by atoms with Crippen molar-refractivity contribution in [2.45, 2.75) is 0 Å². The number of morpholine rings is 1. The molecule has 0 unspecified atom stereocenters. The molecule has 0 saturated carbocycles. The Morgan fingerprint density at radius 3 is 2.30 bits per heavy atom. The van der Waals surface area contributed by atoms with Crippen LogP contribution in [0.25, 0.3) is 11.3 Å². The highest BCUT2D eigenvalue weighted by atomic mass is 19.1. The van der Waals surface area contributed by atoms with Crippen LogP contribution in [0.5, 0.6) is 0 Å². The monoisotopic (exact) mass is 368 g/mol. The van der Waals surface area contributed by atoms with Crippen molar-refractivity contribution in [3.63, 3.8) is 0 Å². The number of aromatic nitrogens is 2. The van der Waals surface area contributed by atoms with Gasteiger partial charge in [-0.2, -0.15) is 4.98 Å². The van der Waals surface area contributed by atoms with Crippen molar-refractivity contribution < 1.29 is 13.5 Å². The van der Waals surface area contributed by atoms with Crippen molar-refractivity contribution >= 4 is 17.5 Å². The molecule has 0 spiro atoms. The number of halogens is 2. The number of anilines is 3. The molecule has 1 aliphatic rings. The summed E-state index contributed by atoms with van der Waals surface area (Å²) in [6, 6.07) is 15.2. The Kier molecular flexibility index (Phi) is 4.93. The van der Waals surface area contributed by atoms with Crippen LogP contribution in [0.15, 0.2) is 54.6 Å². The first-order valence-corrected chi connectivity index (χ1v) is 8.69. The smallest absolute Gasteiger partial charge is 0.229 e. The molecular weight excluding hydrogens is 350 g/mol. The minimum Gasteiger partial charge on any atom is -0.378 e. The lowest BCUT2D eigenvalue weighted by Crippen LogP contribution is -2.36. The largest absolute Gasteiger partial charge is 0.378 e. The van der Waals surface area contributed by atoms with Gasteiger partial charge >= 0.3 is 0 Å². The Labute approximate surface area is 155 Å². The fourth-order valence-corrected chi connectivity index (χ4v) is 2.93. The Bertz CT molecular complexity index is 910. The molecule has 0 bridgehead atoms. The zero-order valence-electron chi connectivity index (χ0n) is 14.5. The number of nitrogens with zero attached hydrogens (tertiary/aromatic N) is 3. The van der Waals surface area contributed by atoms with Crippen molar-refractivity contribution in [1.82, 2.24) is 9.97 Å². The normalized spacial score (nSPS) is 14.2. The van der Waals surface area contributed by atoms with Crippen molar-refractivity contribution in [3.05, 3.63) is 66.2 Å². The van der Waals surface area contributed by atoms with Gasteiger partial charge in [-0.05, 0) is 12.1 Å². The van der Waals surface area contributed by atoms with Crippen molar-refractivity contribution in [2.24, 2.45) is 0 Å². The lowest BCUT2D eigenvalue weighted by Gasteiger charge is -2.28. The zero-order valence-corrected chi connectivity index (χ0v) is 14.5. The number of nitrogens with one attached hydrogen (secondary N) is 1. The van der Waals surface area contributed by atoms with Gasteiger partial charge in [-0.25, -0.2) is 13.8 Å². The summed E-state index contributed by atoms with van der Waals surface area (Å²) in [6.07, 6.45) is 0. The second kappa shape index (κ2) is 7.67. The summed E-state index contributed by atoms with van der Waals surface area (Å²) in [5.41, 5.74) is 1.30. The molecule has 2 heterocycles.